The highest BCUT2D eigenvalue weighted by Crippen LogP contribution is 2.32. The fraction of sp³-hybridized carbons (Fsp3) is 0.280. The van der Waals surface area contributed by atoms with Gasteiger partial charge >= 0.3 is 0 Å². The molecule has 0 radical (unpaired) electrons. The molecule has 154 valence electrons. The molecular formula is C25H27N3OS. The third kappa shape index (κ3) is 4.53. The Balaban J connectivity index is 1.47. The highest BCUT2D eigenvalue weighted by atomic mass is 32.1. The number of carbonyl (C=O) groups excluding carboxylic acids is 1. The van der Waals surface area contributed by atoms with Crippen LogP contribution in [0.3, 0.4) is 0 Å². The molecule has 0 N–H and O–H groups in total. The van der Waals surface area contributed by atoms with Crippen LogP contribution in [0.25, 0.3) is 5.57 Å². The Hall–Kier alpha value is -2.76. The van der Waals surface area contributed by atoms with Crippen molar-refractivity contribution in [1.29, 1.82) is 0 Å². The van der Waals surface area contributed by atoms with Gasteiger partial charge in [0, 0.05) is 31.9 Å². The lowest BCUT2D eigenvalue weighted by Crippen LogP contribution is -2.28. The molecule has 1 aliphatic heterocycles. The molecule has 30 heavy (non-hydrogen) atoms. The molecule has 1 aliphatic rings. The van der Waals surface area contributed by atoms with Crippen molar-refractivity contribution in [3.63, 3.8) is 0 Å². The van der Waals surface area contributed by atoms with Crippen LogP contribution in [0.15, 0.2) is 60.0 Å². The zero-order valence-electron chi connectivity index (χ0n) is 17.8. The summed E-state index contributed by atoms with van der Waals surface area (Å²) in [6.07, 6.45) is 3.37. The first kappa shape index (κ1) is 20.5. The minimum atomic E-state index is -0.0174. The summed E-state index contributed by atoms with van der Waals surface area (Å²) in [5.41, 5.74) is 6.93. The van der Waals surface area contributed by atoms with Gasteiger partial charge in [-0.15, -0.1) is 11.3 Å². The van der Waals surface area contributed by atoms with Gasteiger partial charge in [-0.05, 0) is 43.0 Å². The van der Waals surface area contributed by atoms with Gasteiger partial charge in [-0.3, -0.25) is 14.6 Å². The van der Waals surface area contributed by atoms with Crippen molar-refractivity contribution in [3.05, 3.63) is 82.4 Å². The number of benzene rings is 2. The maximum atomic E-state index is 12.4. The normalized spacial score (nSPS) is 14.4. The van der Waals surface area contributed by atoms with Crippen molar-refractivity contribution in [3.8, 4) is 0 Å². The van der Waals surface area contributed by atoms with E-state index in [9.17, 15) is 4.79 Å². The van der Waals surface area contributed by atoms with Crippen molar-refractivity contribution >= 4 is 33.6 Å². The van der Waals surface area contributed by atoms with E-state index in [1.165, 1.54) is 28.0 Å². The monoisotopic (exact) mass is 417 g/mol. The van der Waals surface area contributed by atoms with Gasteiger partial charge in [0.2, 0.25) is 5.91 Å². The van der Waals surface area contributed by atoms with E-state index in [4.69, 9.17) is 4.98 Å². The highest BCUT2D eigenvalue weighted by molar-refractivity contribution is 7.14. The number of rotatable bonds is 5. The number of nitrogens with zero attached hydrogens (tertiary/aromatic N) is 3. The molecule has 1 aromatic heterocycles. The third-order valence-corrected chi connectivity index (χ3v) is 6.34. The molecule has 5 heteroatoms. The molecule has 0 spiro atoms. The van der Waals surface area contributed by atoms with Gasteiger partial charge in [-0.2, -0.15) is 0 Å². The van der Waals surface area contributed by atoms with Crippen LogP contribution in [0.5, 0.6) is 0 Å². The van der Waals surface area contributed by atoms with Crippen LogP contribution >= 0.6 is 11.3 Å². The summed E-state index contributed by atoms with van der Waals surface area (Å²) in [4.78, 5) is 21.4. The van der Waals surface area contributed by atoms with Crippen molar-refractivity contribution in [2.75, 3.05) is 18.0 Å². The van der Waals surface area contributed by atoms with E-state index in [0.29, 0.717) is 0 Å². The molecule has 4 rings (SSSR count). The highest BCUT2D eigenvalue weighted by Gasteiger charge is 2.21. The number of thiazole rings is 1. The Kier molecular flexibility index (Phi) is 6.11. The summed E-state index contributed by atoms with van der Waals surface area (Å²) in [5, 5.41) is 2.81. The average molecular weight is 418 g/mol. The molecule has 4 nitrogen and oxygen atoms in total. The molecule has 0 unspecified atom stereocenters. The summed E-state index contributed by atoms with van der Waals surface area (Å²) in [5.74, 6) is -0.0174. The lowest BCUT2D eigenvalue weighted by molar-refractivity contribution is -0.115. The van der Waals surface area contributed by atoms with Gasteiger partial charge in [0.25, 0.3) is 0 Å². The van der Waals surface area contributed by atoms with Crippen LogP contribution in [-0.4, -0.2) is 28.9 Å². The number of carbonyl (C=O) groups is 1. The van der Waals surface area contributed by atoms with Gasteiger partial charge in [-0.1, -0.05) is 54.1 Å². The molecule has 2 heterocycles. The first-order chi connectivity index (χ1) is 14.5. The summed E-state index contributed by atoms with van der Waals surface area (Å²) in [7, 11) is 0. The predicted molar refractivity (Wildman–Crippen MR) is 125 cm³/mol. The van der Waals surface area contributed by atoms with E-state index >= 15 is 0 Å². The summed E-state index contributed by atoms with van der Waals surface area (Å²) in [6.45, 7) is 8.43. The van der Waals surface area contributed by atoms with Crippen LogP contribution in [0, 0.1) is 13.8 Å². The van der Waals surface area contributed by atoms with Crippen molar-refractivity contribution < 1.29 is 4.79 Å². The fourth-order valence-electron chi connectivity index (χ4n) is 3.93. The molecule has 0 atom stereocenters. The zero-order chi connectivity index (χ0) is 21.1. The van der Waals surface area contributed by atoms with Crippen molar-refractivity contribution in [2.45, 2.75) is 33.7 Å². The van der Waals surface area contributed by atoms with Crippen LogP contribution in [-0.2, 0) is 11.3 Å². The Bertz CT molecular complexity index is 1070. The quantitative estimate of drug-likeness (QED) is 0.532. The fourth-order valence-corrected chi connectivity index (χ4v) is 4.80. The first-order valence-electron chi connectivity index (χ1n) is 10.3. The van der Waals surface area contributed by atoms with Gasteiger partial charge in [0.1, 0.15) is 0 Å². The Labute approximate surface area is 182 Å². The lowest BCUT2D eigenvalue weighted by atomic mass is 9.99. The summed E-state index contributed by atoms with van der Waals surface area (Å²) < 4.78 is 0. The maximum Gasteiger partial charge on any atom is 0.230 e. The number of aromatic nitrogens is 1. The standard InChI is InChI=1S/C25H27N3OS/c1-18-9-10-24(19(2)15-18)28(20(3)29)25-26-23(17-30-25)16-27-13-11-22(12-14-27)21-7-5-4-6-8-21/h4-11,15,17H,12-14,16H2,1-3H3. The largest absolute Gasteiger partial charge is 0.293 e. The smallest absolute Gasteiger partial charge is 0.230 e. The zero-order valence-corrected chi connectivity index (χ0v) is 18.6. The Morgan fingerprint density at radius 3 is 2.63 bits per heavy atom. The minimum absolute atomic E-state index is 0.0174. The van der Waals surface area contributed by atoms with E-state index in [2.05, 4.69) is 59.7 Å². The lowest BCUT2D eigenvalue weighted by Gasteiger charge is -2.25. The van der Waals surface area contributed by atoms with Gasteiger partial charge in [-0.25, -0.2) is 4.98 Å². The molecule has 0 fully saturated rings. The van der Waals surface area contributed by atoms with E-state index in [-0.39, 0.29) is 5.91 Å². The molecule has 1 amide bonds. The minimum Gasteiger partial charge on any atom is -0.293 e. The molecule has 0 saturated carbocycles. The summed E-state index contributed by atoms with van der Waals surface area (Å²) in [6, 6.07) is 16.7. The van der Waals surface area contributed by atoms with Gasteiger partial charge < -0.3 is 0 Å². The topological polar surface area (TPSA) is 36.4 Å². The molecule has 3 aromatic rings. The molecular weight excluding hydrogens is 390 g/mol. The predicted octanol–water partition coefficient (Wildman–Crippen LogP) is 5.73. The molecule has 2 aromatic carbocycles. The van der Waals surface area contributed by atoms with E-state index in [0.717, 1.165) is 48.1 Å². The Morgan fingerprint density at radius 2 is 1.97 bits per heavy atom. The number of hydrogen-bond acceptors (Lipinski definition) is 4. The third-order valence-electron chi connectivity index (χ3n) is 5.46. The van der Waals surface area contributed by atoms with Gasteiger partial charge in [0.05, 0.1) is 11.4 Å². The summed E-state index contributed by atoms with van der Waals surface area (Å²) >= 11 is 1.53. The van der Waals surface area contributed by atoms with Crippen LogP contribution in [0.1, 0.15) is 35.7 Å². The maximum absolute atomic E-state index is 12.4. The van der Waals surface area contributed by atoms with E-state index in [1.54, 1.807) is 11.8 Å². The van der Waals surface area contributed by atoms with E-state index < -0.39 is 0 Å². The van der Waals surface area contributed by atoms with Crippen LogP contribution < -0.4 is 4.90 Å². The van der Waals surface area contributed by atoms with E-state index in [1.807, 2.05) is 19.1 Å². The Morgan fingerprint density at radius 1 is 1.17 bits per heavy atom. The molecule has 0 bridgehead atoms. The second-order valence-corrected chi connectivity index (χ2v) is 8.68. The van der Waals surface area contributed by atoms with Crippen molar-refractivity contribution in [2.24, 2.45) is 0 Å². The SMILES string of the molecule is CC(=O)N(c1nc(CN2CC=C(c3ccccc3)CC2)cs1)c1ccc(C)cc1C. The first-order valence-corrected chi connectivity index (χ1v) is 11.2. The average Bonchev–Trinajstić information content (AvgIpc) is 3.19. The second kappa shape index (κ2) is 8.94. The van der Waals surface area contributed by atoms with Gasteiger partial charge in [0.15, 0.2) is 5.13 Å². The van der Waals surface area contributed by atoms with Crippen LogP contribution in [0.4, 0.5) is 10.8 Å². The second-order valence-electron chi connectivity index (χ2n) is 7.85. The molecule has 0 aliphatic carbocycles. The molecule has 0 saturated heterocycles. The van der Waals surface area contributed by atoms with Crippen molar-refractivity contribution in [1.82, 2.24) is 9.88 Å². The van der Waals surface area contributed by atoms with Crippen LogP contribution in [0.2, 0.25) is 0 Å². The number of amides is 1. The number of aryl methyl sites for hydroxylation is 2. The number of anilines is 2. The number of hydrogen-bond donors (Lipinski definition) is 0.